The molecule has 1 atom stereocenters. The largest absolute Gasteiger partial charge is 0.469 e. The van der Waals surface area contributed by atoms with Crippen molar-refractivity contribution < 1.29 is 18.9 Å². The summed E-state index contributed by atoms with van der Waals surface area (Å²) in [5, 5.41) is 0. The molecule has 84 valence electrons. The molecule has 6 heteroatoms. The summed E-state index contributed by atoms with van der Waals surface area (Å²) in [6, 6.07) is 9.04. The zero-order chi connectivity index (χ0) is 11.3. The Morgan fingerprint density at radius 3 is 2.47 bits per heavy atom. The van der Waals surface area contributed by atoms with Crippen LogP contribution in [0.3, 0.4) is 0 Å². The molecule has 0 heterocycles. The lowest BCUT2D eigenvalue weighted by molar-refractivity contribution is 0.186. The molecule has 1 aromatic rings. The summed E-state index contributed by atoms with van der Waals surface area (Å²) >= 11 is 0. The van der Waals surface area contributed by atoms with E-state index in [1.165, 1.54) is 0 Å². The Kier molecular flexibility index (Phi) is 4.45. The van der Waals surface area contributed by atoms with Gasteiger partial charge >= 0.3 is 7.82 Å². The zero-order valence-electron chi connectivity index (χ0n) is 8.11. The molecule has 0 fully saturated rings. The monoisotopic (exact) mass is 231 g/mol. The predicted molar refractivity (Wildman–Crippen MR) is 56.1 cm³/mol. The predicted octanol–water partition coefficient (Wildman–Crippen LogP) is 0.666. The smallest absolute Gasteiger partial charge is 0.325 e. The molecule has 4 N–H and O–H groups in total. The van der Waals surface area contributed by atoms with Crippen molar-refractivity contribution in [1.82, 2.24) is 0 Å². The van der Waals surface area contributed by atoms with E-state index in [1.54, 1.807) is 0 Å². The maximum absolute atomic E-state index is 10.4. The number of hydrogen-bond acceptors (Lipinski definition) is 3. The average molecular weight is 231 g/mol. The molecule has 0 aromatic heterocycles. The van der Waals surface area contributed by atoms with Gasteiger partial charge in [-0.15, -0.1) is 0 Å². The first-order valence-corrected chi connectivity index (χ1v) is 6.00. The van der Waals surface area contributed by atoms with Crippen LogP contribution in [0, 0.1) is 0 Å². The molecule has 0 radical (unpaired) electrons. The molecule has 15 heavy (non-hydrogen) atoms. The quantitative estimate of drug-likeness (QED) is 0.647. The molecule has 0 saturated heterocycles. The van der Waals surface area contributed by atoms with Gasteiger partial charge in [0.15, 0.2) is 0 Å². The van der Waals surface area contributed by atoms with E-state index in [-0.39, 0.29) is 6.61 Å². The summed E-state index contributed by atoms with van der Waals surface area (Å²) < 4.78 is 14.7. The van der Waals surface area contributed by atoms with Gasteiger partial charge in [0.1, 0.15) is 0 Å². The minimum atomic E-state index is -4.40. The highest BCUT2D eigenvalue weighted by Gasteiger charge is 2.16. The summed E-state index contributed by atoms with van der Waals surface area (Å²) in [6.45, 7) is -0.154. The molecule has 0 bridgehead atoms. The van der Waals surface area contributed by atoms with Crippen molar-refractivity contribution in [2.45, 2.75) is 12.5 Å². The third-order valence-electron chi connectivity index (χ3n) is 1.80. The van der Waals surface area contributed by atoms with Crippen LogP contribution in [0.15, 0.2) is 30.3 Å². The lowest BCUT2D eigenvalue weighted by Crippen LogP contribution is -2.28. The fourth-order valence-electron chi connectivity index (χ4n) is 1.17. The van der Waals surface area contributed by atoms with E-state index in [1.807, 2.05) is 30.3 Å². The van der Waals surface area contributed by atoms with Crippen LogP contribution in [-0.2, 0) is 15.5 Å². The van der Waals surface area contributed by atoms with Gasteiger partial charge in [0.2, 0.25) is 0 Å². The number of rotatable bonds is 5. The van der Waals surface area contributed by atoms with Crippen molar-refractivity contribution in [1.29, 1.82) is 0 Å². The van der Waals surface area contributed by atoms with E-state index in [9.17, 15) is 4.57 Å². The maximum atomic E-state index is 10.4. The van der Waals surface area contributed by atoms with Crippen molar-refractivity contribution in [3.8, 4) is 0 Å². The standard InChI is InChI=1S/C9H14NO4P/c10-9(7-14-15(11,12)13)6-8-4-2-1-3-5-8/h1-5,9H,6-7,10H2,(H2,11,12,13). The van der Waals surface area contributed by atoms with E-state index < -0.39 is 13.9 Å². The first kappa shape index (κ1) is 12.4. The van der Waals surface area contributed by atoms with E-state index >= 15 is 0 Å². The second-order valence-corrected chi connectivity index (χ2v) is 4.48. The van der Waals surface area contributed by atoms with Gasteiger partial charge in [0.05, 0.1) is 6.61 Å². The molecule has 1 aromatic carbocycles. The van der Waals surface area contributed by atoms with Gasteiger partial charge in [-0.3, -0.25) is 4.52 Å². The van der Waals surface area contributed by atoms with Crippen LogP contribution in [-0.4, -0.2) is 22.4 Å². The molecule has 0 spiro atoms. The fourth-order valence-corrected chi connectivity index (χ4v) is 1.55. The van der Waals surface area contributed by atoms with Crippen LogP contribution >= 0.6 is 7.82 Å². The van der Waals surface area contributed by atoms with Gasteiger partial charge in [0, 0.05) is 6.04 Å². The summed E-state index contributed by atoms with van der Waals surface area (Å²) in [5.41, 5.74) is 6.66. The molecule has 0 aliphatic heterocycles. The Morgan fingerprint density at radius 1 is 1.33 bits per heavy atom. The highest BCUT2D eigenvalue weighted by molar-refractivity contribution is 7.46. The average Bonchev–Trinajstić information content (AvgIpc) is 2.15. The minimum absolute atomic E-state index is 0.154. The second-order valence-electron chi connectivity index (χ2n) is 3.24. The fraction of sp³-hybridized carbons (Fsp3) is 0.333. The van der Waals surface area contributed by atoms with E-state index in [0.29, 0.717) is 6.42 Å². The third-order valence-corrected chi connectivity index (χ3v) is 2.28. The van der Waals surface area contributed by atoms with Crippen molar-refractivity contribution in [2.75, 3.05) is 6.61 Å². The van der Waals surface area contributed by atoms with Gasteiger partial charge in [-0.2, -0.15) is 0 Å². The molecule has 0 aliphatic rings. The molecule has 0 amide bonds. The third kappa shape index (κ3) is 5.67. The topological polar surface area (TPSA) is 92.8 Å². The van der Waals surface area contributed by atoms with Crippen molar-refractivity contribution >= 4 is 7.82 Å². The molecule has 0 aliphatic carbocycles. The van der Waals surface area contributed by atoms with E-state index in [2.05, 4.69) is 4.52 Å². The number of nitrogens with two attached hydrogens (primary N) is 1. The summed E-state index contributed by atoms with van der Waals surface area (Å²) in [5.74, 6) is 0. The maximum Gasteiger partial charge on any atom is 0.469 e. The van der Waals surface area contributed by atoms with Crippen LogP contribution < -0.4 is 5.73 Å². The lowest BCUT2D eigenvalue weighted by atomic mass is 10.1. The summed E-state index contributed by atoms with van der Waals surface area (Å²) in [4.78, 5) is 16.9. The highest BCUT2D eigenvalue weighted by Crippen LogP contribution is 2.35. The molecular weight excluding hydrogens is 217 g/mol. The normalized spacial score (nSPS) is 13.8. The number of benzene rings is 1. The summed E-state index contributed by atoms with van der Waals surface area (Å²) in [6.07, 6.45) is 0.529. The van der Waals surface area contributed by atoms with Gasteiger partial charge in [0.25, 0.3) is 0 Å². The van der Waals surface area contributed by atoms with Gasteiger partial charge < -0.3 is 15.5 Å². The van der Waals surface area contributed by atoms with Crippen molar-refractivity contribution in [3.05, 3.63) is 35.9 Å². The molecule has 5 nitrogen and oxygen atoms in total. The number of hydrogen-bond donors (Lipinski definition) is 3. The second kappa shape index (κ2) is 5.39. The lowest BCUT2D eigenvalue weighted by Gasteiger charge is -2.12. The molecule has 1 rings (SSSR count). The van der Waals surface area contributed by atoms with E-state index in [0.717, 1.165) is 5.56 Å². The first-order valence-electron chi connectivity index (χ1n) is 4.47. The van der Waals surface area contributed by atoms with Gasteiger partial charge in [-0.25, -0.2) is 4.57 Å². The Morgan fingerprint density at radius 2 is 1.93 bits per heavy atom. The highest BCUT2D eigenvalue weighted by atomic mass is 31.2. The molecule has 1 unspecified atom stereocenters. The van der Waals surface area contributed by atoms with Crippen LogP contribution in [0.4, 0.5) is 0 Å². The van der Waals surface area contributed by atoms with E-state index in [4.69, 9.17) is 15.5 Å². The Labute approximate surface area is 88.1 Å². The summed E-state index contributed by atoms with van der Waals surface area (Å²) in [7, 11) is -4.40. The van der Waals surface area contributed by atoms with Crippen molar-refractivity contribution in [2.24, 2.45) is 5.73 Å². The number of phosphoric ester groups is 1. The Bertz CT molecular complexity index is 337. The minimum Gasteiger partial charge on any atom is -0.325 e. The molecular formula is C9H14NO4P. The SMILES string of the molecule is NC(COP(=O)(O)O)Cc1ccccc1. The first-order chi connectivity index (χ1) is 6.97. The zero-order valence-corrected chi connectivity index (χ0v) is 9.01. The van der Waals surface area contributed by atoms with Gasteiger partial charge in [-0.1, -0.05) is 30.3 Å². The van der Waals surface area contributed by atoms with Gasteiger partial charge in [-0.05, 0) is 12.0 Å². The molecule has 0 saturated carbocycles. The Balaban J connectivity index is 2.37. The van der Waals surface area contributed by atoms with Crippen LogP contribution in [0.1, 0.15) is 5.56 Å². The van der Waals surface area contributed by atoms with Crippen LogP contribution in [0.2, 0.25) is 0 Å². The van der Waals surface area contributed by atoms with Crippen molar-refractivity contribution in [3.63, 3.8) is 0 Å². The van der Waals surface area contributed by atoms with Crippen LogP contribution in [0.5, 0.6) is 0 Å². The Hall–Kier alpha value is -0.710. The van der Waals surface area contributed by atoms with Crippen LogP contribution in [0.25, 0.3) is 0 Å². The number of phosphoric acid groups is 1.